The Balaban J connectivity index is 1.90. The summed E-state index contributed by atoms with van der Waals surface area (Å²) in [5.74, 6) is -0.230. The summed E-state index contributed by atoms with van der Waals surface area (Å²) < 4.78 is 29.5. The topological polar surface area (TPSA) is 100 Å². The van der Waals surface area contributed by atoms with Crippen molar-refractivity contribution >= 4 is 21.8 Å². The van der Waals surface area contributed by atoms with Gasteiger partial charge < -0.3 is 19.4 Å². The number of sulfone groups is 1. The fourth-order valence-electron chi connectivity index (χ4n) is 3.52. The number of aromatic nitrogens is 1. The average molecular weight is 382 g/mol. The number of nitrogens with zero attached hydrogens (tertiary/aromatic N) is 4. The van der Waals surface area contributed by atoms with Gasteiger partial charge in [-0.1, -0.05) is 0 Å². The van der Waals surface area contributed by atoms with E-state index in [1.807, 2.05) is 0 Å². The molecule has 2 atom stereocenters. The molecule has 3 amide bonds. The molecule has 0 radical (unpaired) electrons. The largest absolute Gasteiger partial charge is 0.481 e. The molecule has 0 aliphatic carbocycles. The van der Waals surface area contributed by atoms with Crippen LogP contribution < -0.4 is 4.74 Å². The Morgan fingerprint density at radius 1 is 1.19 bits per heavy atom. The van der Waals surface area contributed by atoms with E-state index in [1.54, 1.807) is 30.0 Å². The quantitative estimate of drug-likeness (QED) is 0.696. The van der Waals surface area contributed by atoms with Gasteiger partial charge in [0.25, 0.3) is 5.91 Å². The predicted molar refractivity (Wildman–Crippen MR) is 93.8 cm³/mol. The molecule has 0 unspecified atom stereocenters. The molecule has 142 valence electrons. The zero-order valence-electron chi connectivity index (χ0n) is 15.0. The van der Waals surface area contributed by atoms with Crippen LogP contribution >= 0.6 is 0 Å². The number of ether oxygens (including phenoxy) is 1. The average Bonchev–Trinajstić information content (AvgIpc) is 2.94. The molecule has 1 aromatic rings. The number of urea groups is 1. The van der Waals surface area contributed by atoms with Crippen LogP contribution in [0, 0.1) is 0 Å². The van der Waals surface area contributed by atoms with E-state index in [0.717, 1.165) is 0 Å². The Bertz CT molecular complexity index is 826. The van der Waals surface area contributed by atoms with Gasteiger partial charge in [0.05, 0.1) is 30.7 Å². The van der Waals surface area contributed by atoms with Crippen LogP contribution in [0.4, 0.5) is 4.79 Å². The monoisotopic (exact) mass is 382 g/mol. The summed E-state index contributed by atoms with van der Waals surface area (Å²) in [7, 11) is 1.39. The third kappa shape index (κ3) is 3.33. The standard InChI is InChI=1S/C16H22N4O5S/c1-18(2)16(22)20-7-6-19(12-9-26(23,24)10-13(12)20)15(21)11-4-5-17-14(8-11)25-3/h4-5,8,12-13H,6-7,9-10H2,1-3H3/t12-,13+/m1/s1. The lowest BCUT2D eigenvalue weighted by Gasteiger charge is -2.44. The summed E-state index contributed by atoms with van der Waals surface area (Å²) in [6, 6.07) is 1.77. The van der Waals surface area contributed by atoms with Crippen molar-refractivity contribution in [3.05, 3.63) is 23.9 Å². The van der Waals surface area contributed by atoms with Crippen molar-refractivity contribution in [3.63, 3.8) is 0 Å². The molecule has 0 spiro atoms. The van der Waals surface area contributed by atoms with Crippen LogP contribution in [0.15, 0.2) is 18.3 Å². The van der Waals surface area contributed by atoms with Crippen molar-refractivity contribution < 1.29 is 22.7 Å². The Hall–Kier alpha value is -2.36. The number of fused-ring (bicyclic) bond motifs is 1. The first kappa shape index (κ1) is 18.4. The Morgan fingerprint density at radius 2 is 1.81 bits per heavy atom. The molecule has 10 heteroatoms. The lowest BCUT2D eigenvalue weighted by atomic mass is 10.0. The number of pyridine rings is 1. The third-order valence-electron chi connectivity index (χ3n) is 4.76. The number of methoxy groups -OCH3 is 1. The molecule has 2 saturated heterocycles. The SMILES string of the molecule is COc1cc(C(=O)N2CCN(C(=O)N(C)C)[C@H]3CS(=O)(=O)C[C@H]32)ccn1. The van der Waals surface area contributed by atoms with Crippen LogP contribution in [0.1, 0.15) is 10.4 Å². The maximum Gasteiger partial charge on any atom is 0.319 e. The predicted octanol–water partition coefficient (Wildman–Crippen LogP) is -0.305. The Kier molecular flexibility index (Phi) is 4.78. The maximum absolute atomic E-state index is 13.0. The van der Waals surface area contributed by atoms with Gasteiger partial charge in [0, 0.05) is 45.0 Å². The van der Waals surface area contributed by atoms with Gasteiger partial charge in [0.1, 0.15) is 0 Å². The molecule has 0 saturated carbocycles. The van der Waals surface area contributed by atoms with Crippen molar-refractivity contribution in [1.82, 2.24) is 19.7 Å². The van der Waals surface area contributed by atoms with Gasteiger partial charge in [-0.25, -0.2) is 18.2 Å². The number of hydrogen-bond acceptors (Lipinski definition) is 6. The van der Waals surface area contributed by atoms with E-state index in [2.05, 4.69) is 4.98 Å². The number of piperazine rings is 1. The first-order valence-corrected chi connectivity index (χ1v) is 10.0. The summed E-state index contributed by atoms with van der Waals surface area (Å²) in [5.41, 5.74) is 0.382. The van der Waals surface area contributed by atoms with E-state index < -0.39 is 21.9 Å². The second-order valence-corrected chi connectivity index (χ2v) is 8.82. The molecule has 9 nitrogen and oxygen atoms in total. The van der Waals surface area contributed by atoms with Crippen molar-refractivity contribution in [2.75, 3.05) is 45.8 Å². The van der Waals surface area contributed by atoms with Crippen LogP contribution in [0.5, 0.6) is 5.88 Å². The van der Waals surface area contributed by atoms with E-state index in [9.17, 15) is 18.0 Å². The van der Waals surface area contributed by atoms with Gasteiger partial charge in [-0.3, -0.25) is 4.79 Å². The molecule has 1 aromatic heterocycles. The summed E-state index contributed by atoms with van der Waals surface area (Å²) >= 11 is 0. The molecular weight excluding hydrogens is 360 g/mol. The molecule has 26 heavy (non-hydrogen) atoms. The highest BCUT2D eigenvalue weighted by molar-refractivity contribution is 7.91. The lowest BCUT2D eigenvalue weighted by molar-refractivity contribution is 0.0393. The van der Waals surface area contributed by atoms with Gasteiger partial charge in [-0.15, -0.1) is 0 Å². The summed E-state index contributed by atoms with van der Waals surface area (Å²) in [6.45, 7) is 0.571. The van der Waals surface area contributed by atoms with E-state index in [4.69, 9.17) is 4.74 Å². The molecule has 2 aliphatic heterocycles. The Morgan fingerprint density at radius 3 is 2.42 bits per heavy atom. The minimum absolute atomic E-state index is 0.124. The number of amides is 3. The lowest BCUT2D eigenvalue weighted by Crippen LogP contribution is -2.63. The zero-order valence-corrected chi connectivity index (χ0v) is 15.8. The van der Waals surface area contributed by atoms with E-state index >= 15 is 0 Å². The van der Waals surface area contributed by atoms with Crippen LogP contribution in [-0.2, 0) is 9.84 Å². The summed E-state index contributed by atoms with van der Waals surface area (Å²) in [4.78, 5) is 33.9. The first-order chi connectivity index (χ1) is 12.2. The number of hydrogen-bond donors (Lipinski definition) is 0. The molecular formula is C16H22N4O5S. The highest BCUT2D eigenvalue weighted by Crippen LogP contribution is 2.29. The summed E-state index contributed by atoms with van der Waals surface area (Å²) in [5, 5.41) is 0. The van der Waals surface area contributed by atoms with E-state index in [0.29, 0.717) is 18.0 Å². The van der Waals surface area contributed by atoms with Gasteiger partial charge in [-0.2, -0.15) is 0 Å². The molecule has 0 bridgehead atoms. The van der Waals surface area contributed by atoms with E-state index in [-0.39, 0.29) is 30.0 Å². The molecule has 2 aliphatic rings. The third-order valence-corrected chi connectivity index (χ3v) is 6.45. The van der Waals surface area contributed by atoms with Crippen molar-refractivity contribution in [1.29, 1.82) is 0 Å². The second kappa shape index (κ2) is 6.75. The van der Waals surface area contributed by atoms with Crippen LogP contribution in [0.25, 0.3) is 0 Å². The highest BCUT2D eigenvalue weighted by atomic mass is 32.2. The number of carbonyl (C=O) groups is 2. The van der Waals surface area contributed by atoms with Gasteiger partial charge >= 0.3 is 6.03 Å². The number of carbonyl (C=O) groups excluding carboxylic acids is 2. The van der Waals surface area contributed by atoms with Crippen LogP contribution in [0.2, 0.25) is 0 Å². The molecule has 3 rings (SSSR count). The van der Waals surface area contributed by atoms with Crippen LogP contribution in [0.3, 0.4) is 0 Å². The number of rotatable bonds is 2. The molecule has 3 heterocycles. The van der Waals surface area contributed by atoms with Gasteiger partial charge in [0.2, 0.25) is 5.88 Å². The minimum Gasteiger partial charge on any atom is -0.481 e. The molecule has 0 N–H and O–H groups in total. The second-order valence-electron chi connectivity index (χ2n) is 6.67. The van der Waals surface area contributed by atoms with Crippen molar-refractivity contribution in [2.45, 2.75) is 12.1 Å². The van der Waals surface area contributed by atoms with Crippen molar-refractivity contribution in [3.8, 4) is 5.88 Å². The highest BCUT2D eigenvalue weighted by Gasteiger charge is 2.49. The smallest absolute Gasteiger partial charge is 0.319 e. The Labute approximate surface area is 152 Å². The zero-order chi connectivity index (χ0) is 19.1. The summed E-state index contributed by atoms with van der Waals surface area (Å²) in [6.07, 6.45) is 1.47. The van der Waals surface area contributed by atoms with Gasteiger partial charge in [0.15, 0.2) is 9.84 Å². The normalized spacial score (nSPS) is 24.1. The van der Waals surface area contributed by atoms with Gasteiger partial charge in [-0.05, 0) is 6.07 Å². The van der Waals surface area contributed by atoms with Crippen molar-refractivity contribution in [2.24, 2.45) is 0 Å². The first-order valence-electron chi connectivity index (χ1n) is 8.23. The van der Waals surface area contributed by atoms with E-state index in [1.165, 1.54) is 24.3 Å². The molecule has 0 aromatic carbocycles. The maximum atomic E-state index is 13.0. The minimum atomic E-state index is -3.33. The molecule has 2 fully saturated rings. The fourth-order valence-corrected chi connectivity index (χ4v) is 5.50. The fraction of sp³-hybridized carbons (Fsp3) is 0.562. The van der Waals surface area contributed by atoms with Crippen LogP contribution in [-0.4, -0.2) is 97.9 Å².